The molecule has 0 bridgehead atoms. The highest BCUT2D eigenvalue weighted by Gasteiger charge is 2.14. The van der Waals surface area contributed by atoms with E-state index in [0.717, 1.165) is 23.3 Å². The van der Waals surface area contributed by atoms with Gasteiger partial charge in [-0.25, -0.2) is 9.97 Å². The van der Waals surface area contributed by atoms with Crippen molar-refractivity contribution in [2.45, 2.75) is 6.54 Å². The van der Waals surface area contributed by atoms with E-state index in [1.54, 1.807) is 18.3 Å². The van der Waals surface area contributed by atoms with Crippen molar-refractivity contribution in [3.63, 3.8) is 0 Å². The molecule has 0 radical (unpaired) electrons. The smallest absolute Gasteiger partial charge is 0.251 e. The van der Waals surface area contributed by atoms with Gasteiger partial charge < -0.3 is 15.0 Å². The number of aromatic nitrogens is 2. The molecule has 1 aromatic heterocycles. The van der Waals surface area contributed by atoms with Gasteiger partial charge in [-0.15, -0.1) is 0 Å². The van der Waals surface area contributed by atoms with Gasteiger partial charge in [0.25, 0.3) is 5.91 Å². The van der Waals surface area contributed by atoms with Crippen LogP contribution < -0.4 is 10.2 Å². The maximum atomic E-state index is 12.1. The number of amides is 1. The summed E-state index contributed by atoms with van der Waals surface area (Å²) >= 11 is 3.35. The number of halogens is 1. The summed E-state index contributed by atoms with van der Waals surface area (Å²) < 4.78 is 6.27. The number of benzene rings is 1. The van der Waals surface area contributed by atoms with Crippen molar-refractivity contribution in [2.75, 3.05) is 31.2 Å². The molecule has 0 atom stereocenters. The first-order chi connectivity index (χ1) is 11.2. The highest BCUT2D eigenvalue weighted by Crippen LogP contribution is 2.11. The van der Waals surface area contributed by atoms with Crippen LogP contribution >= 0.6 is 15.9 Å². The van der Waals surface area contributed by atoms with Crippen molar-refractivity contribution in [1.82, 2.24) is 15.3 Å². The molecule has 0 aliphatic carbocycles. The second-order valence-corrected chi connectivity index (χ2v) is 6.05. The molecule has 0 spiro atoms. The molecule has 1 amide bonds. The monoisotopic (exact) mass is 376 g/mol. The SMILES string of the molecule is O=C(NCc1ccnc(N2CCOCC2)n1)c1ccc(Br)cc1. The van der Waals surface area contributed by atoms with E-state index in [4.69, 9.17) is 4.74 Å². The van der Waals surface area contributed by atoms with Gasteiger partial charge in [0.1, 0.15) is 0 Å². The topological polar surface area (TPSA) is 67.4 Å². The lowest BCUT2D eigenvalue weighted by Crippen LogP contribution is -2.37. The van der Waals surface area contributed by atoms with Crippen molar-refractivity contribution in [3.05, 3.63) is 52.3 Å². The van der Waals surface area contributed by atoms with Crippen LogP contribution in [0.5, 0.6) is 0 Å². The Morgan fingerprint density at radius 2 is 1.96 bits per heavy atom. The van der Waals surface area contributed by atoms with Gasteiger partial charge in [0.2, 0.25) is 5.95 Å². The molecule has 1 aliphatic heterocycles. The molecule has 120 valence electrons. The number of carbonyl (C=O) groups excluding carboxylic acids is 1. The average molecular weight is 377 g/mol. The maximum absolute atomic E-state index is 12.1. The molecule has 0 unspecified atom stereocenters. The molecule has 1 aliphatic rings. The zero-order valence-corrected chi connectivity index (χ0v) is 14.1. The summed E-state index contributed by atoms with van der Waals surface area (Å²) in [6.07, 6.45) is 1.72. The Balaban J connectivity index is 1.61. The van der Waals surface area contributed by atoms with E-state index < -0.39 is 0 Å². The molecule has 2 heterocycles. The fourth-order valence-electron chi connectivity index (χ4n) is 2.27. The third-order valence-electron chi connectivity index (χ3n) is 3.53. The Morgan fingerprint density at radius 1 is 1.22 bits per heavy atom. The highest BCUT2D eigenvalue weighted by molar-refractivity contribution is 9.10. The summed E-state index contributed by atoms with van der Waals surface area (Å²) in [6.45, 7) is 3.32. The number of nitrogens with one attached hydrogen (secondary N) is 1. The quantitative estimate of drug-likeness (QED) is 0.883. The summed E-state index contributed by atoms with van der Waals surface area (Å²) in [5.41, 5.74) is 1.41. The van der Waals surface area contributed by atoms with Crippen LogP contribution in [0.1, 0.15) is 16.1 Å². The fourth-order valence-corrected chi connectivity index (χ4v) is 2.54. The van der Waals surface area contributed by atoms with Crippen molar-refractivity contribution in [3.8, 4) is 0 Å². The molecule has 1 N–H and O–H groups in total. The Morgan fingerprint density at radius 3 is 2.70 bits per heavy atom. The Kier molecular flexibility index (Phi) is 5.19. The van der Waals surface area contributed by atoms with Crippen LogP contribution in [0, 0.1) is 0 Å². The van der Waals surface area contributed by atoms with Crippen LogP contribution in [-0.2, 0) is 11.3 Å². The lowest BCUT2D eigenvalue weighted by molar-refractivity contribution is 0.0950. The summed E-state index contributed by atoms with van der Waals surface area (Å²) in [7, 11) is 0. The lowest BCUT2D eigenvalue weighted by atomic mass is 10.2. The van der Waals surface area contributed by atoms with E-state index in [-0.39, 0.29) is 5.91 Å². The minimum absolute atomic E-state index is 0.121. The number of ether oxygens (including phenoxy) is 1. The molecular formula is C16H17BrN4O2. The van der Waals surface area contributed by atoms with E-state index in [0.29, 0.717) is 31.3 Å². The van der Waals surface area contributed by atoms with E-state index >= 15 is 0 Å². The zero-order chi connectivity index (χ0) is 16.1. The summed E-state index contributed by atoms with van der Waals surface area (Å²) in [5, 5.41) is 2.88. The van der Waals surface area contributed by atoms with Gasteiger partial charge in [-0.2, -0.15) is 0 Å². The number of hydrogen-bond acceptors (Lipinski definition) is 5. The van der Waals surface area contributed by atoms with Crippen molar-refractivity contribution < 1.29 is 9.53 Å². The van der Waals surface area contributed by atoms with Gasteiger partial charge in [-0.05, 0) is 30.3 Å². The van der Waals surface area contributed by atoms with Gasteiger partial charge in [-0.1, -0.05) is 15.9 Å². The first kappa shape index (κ1) is 15.9. The zero-order valence-electron chi connectivity index (χ0n) is 12.5. The fraction of sp³-hybridized carbons (Fsp3) is 0.312. The van der Waals surface area contributed by atoms with Gasteiger partial charge >= 0.3 is 0 Å². The van der Waals surface area contributed by atoms with E-state index in [1.165, 1.54) is 0 Å². The van der Waals surface area contributed by atoms with Gasteiger partial charge in [0, 0.05) is 29.3 Å². The number of morpholine rings is 1. The van der Waals surface area contributed by atoms with Crippen LogP contribution in [0.3, 0.4) is 0 Å². The molecular weight excluding hydrogens is 360 g/mol. The molecule has 3 rings (SSSR count). The molecule has 6 nitrogen and oxygen atoms in total. The van der Waals surface area contributed by atoms with E-state index in [2.05, 4.69) is 36.1 Å². The maximum Gasteiger partial charge on any atom is 0.251 e. The minimum atomic E-state index is -0.121. The van der Waals surface area contributed by atoms with Gasteiger partial charge in [-0.3, -0.25) is 4.79 Å². The molecule has 23 heavy (non-hydrogen) atoms. The normalized spacial score (nSPS) is 14.6. The number of anilines is 1. The number of hydrogen-bond donors (Lipinski definition) is 1. The Hall–Kier alpha value is -1.99. The van der Waals surface area contributed by atoms with Crippen LogP contribution in [0.2, 0.25) is 0 Å². The summed E-state index contributed by atoms with van der Waals surface area (Å²) in [5.74, 6) is 0.563. The highest BCUT2D eigenvalue weighted by atomic mass is 79.9. The molecule has 1 aromatic carbocycles. The predicted molar refractivity (Wildman–Crippen MR) is 90.4 cm³/mol. The summed E-state index contributed by atoms with van der Waals surface area (Å²) in [6, 6.07) is 9.05. The average Bonchev–Trinajstić information content (AvgIpc) is 2.61. The Labute approximate surface area is 143 Å². The third-order valence-corrected chi connectivity index (χ3v) is 4.06. The standard InChI is InChI=1S/C16H17BrN4O2/c17-13-3-1-12(2-4-13)15(22)19-11-14-5-6-18-16(20-14)21-7-9-23-10-8-21/h1-6H,7-11H2,(H,19,22). The second kappa shape index (κ2) is 7.52. The molecule has 0 saturated carbocycles. The Bertz CT molecular complexity index is 672. The number of carbonyl (C=O) groups is 1. The van der Waals surface area contributed by atoms with Crippen LogP contribution in [0.15, 0.2) is 41.0 Å². The third kappa shape index (κ3) is 4.27. The van der Waals surface area contributed by atoms with Crippen molar-refractivity contribution in [2.24, 2.45) is 0 Å². The molecule has 7 heteroatoms. The van der Waals surface area contributed by atoms with E-state index in [1.807, 2.05) is 18.2 Å². The van der Waals surface area contributed by atoms with Gasteiger partial charge in [0.15, 0.2) is 0 Å². The minimum Gasteiger partial charge on any atom is -0.378 e. The first-order valence-electron chi connectivity index (χ1n) is 7.41. The van der Waals surface area contributed by atoms with Crippen LogP contribution in [-0.4, -0.2) is 42.2 Å². The number of rotatable bonds is 4. The molecule has 1 fully saturated rings. The van der Waals surface area contributed by atoms with Crippen molar-refractivity contribution >= 4 is 27.8 Å². The van der Waals surface area contributed by atoms with Crippen molar-refractivity contribution in [1.29, 1.82) is 0 Å². The van der Waals surface area contributed by atoms with Crippen LogP contribution in [0.4, 0.5) is 5.95 Å². The largest absolute Gasteiger partial charge is 0.378 e. The molecule has 2 aromatic rings. The summed E-state index contributed by atoms with van der Waals surface area (Å²) in [4.78, 5) is 23.0. The first-order valence-corrected chi connectivity index (χ1v) is 8.20. The van der Waals surface area contributed by atoms with E-state index in [9.17, 15) is 4.79 Å². The number of nitrogens with zero attached hydrogens (tertiary/aromatic N) is 3. The second-order valence-electron chi connectivity index (χ2n) is 5.14. The van der Waals surface area contributed by atoms with Gasteiger partial charge in [0.05, 0.1) is 25.5 Å². The van der Waals surface area contributed by atoms with Crippen LogP contribution in [0.25, 0.3) is 0 Å². The predicted octanol–water partition coefficient (Wildman–Crippen LogP) is 2.01. The molecule has 1 saturated heterocycles. The lowest BCUT2D eigenvalue weighted by Gasteiger charge is -2.26.